The average Bonchev–Trinajstić information content (AvgIpc) is 2.79. The van der Waals surface area contributed by atoms with E-state index < -0.39 is 0 Å². The lowest BCUT2D eigenvalue weighted by Gasteiger charge is -2.27. The predicted molar refractivity (Wildman–Crippen MR) is 81.5 cm³/mol. The van der Waals surface area contributed by atoms with Crippen molar-refractivity contribution in [3.8, 4) is 0 Å². The molecule has 6 heteroatoms. The minimum Gasteiger partial charge on any atom is -0.329 e. The number of thiazole rings is 1. The zero-order valence-electron chi connectivity index (χ0n) is 11.4. The van der Waals surface area contributed by atoms with Crippen molar-refractivity contribution >= 4 is 22.9 Å². The SMILES string of the molecule is Cc1nc(CN(C)C(CN)c2c(F)cccc2Cl)cs1. The van der Waals surface area contributed by atoms with Gasteiger partial charge in [0.1, 0.15) is 5.82 Å². The van der Waals surface area contributed by atoms with E-state index in [1.165, 1.54) is 6.07 Å². The largest absolute Gasteiger partial charge is 0.329 e. The molecule has 0 radical (unpaired) electrons. The summed E-state index contributed by atoms with van der Waals surface area (Å²) in [5.41, 5.74) is 7.23. The van der Waals surface area contributed by atoms with Crippen molar-refractivity contribution in [2.45, 2.75) is 19.5 Å². The summed E-state index contributed by atoms with van der Waals surface area (Å²) in [7, 11) is 1.90. The van der Waals surface area contributed by atoms with Crippen LogP contribution in [0.1, 0.15) is 22.3 Å². The fourth-order valence-corrected chi connectivity index (χ4v) is 3.09. The van der Waals surface area contributed by atoms with Crippen LogP contribution in [0.2, 0.25) is 5.02 Å². The Morgan fingerprint density at radius 3 is 2.80 bits per heavy atom. The number of aromatic nitrogens is 1. The normalized spacial score (nSPS) is 12.9. The van der Waals surface area contributed by atoms with Crippen LogP contribution in [-0.2, 0) is 6.54 Å². The van der Waals surface area contributed by atoms with Crippen LogP contribution in [0, 0.1) is 12.7 Å². The van der Waals surface area contributed by atoms with Crippen molar-refractivity contribution in [1.82, 2.24) is 9.88 Å². The average molecular weight is 314 g/mol. The Balaban J connectivity index is 2.23. The Morgan fingerprint density at radius 2 is 2.25 bits per heavy atom. The van der Waals surface area contributed by atoms with Gasteiger partial charge in [0, 0.05) is 29.1 Å². The monoisotopic (exact) mass is 313 g/mol. The molecule has 1 aromatic heterocycles. The molecule has 0 bridgehead atoms. The topological polar surface area (TPSA) is 42.2 Å². The van der Waals surface area contributed by atoms with Crippen LogP contribution in [0.4, 0.5) is 4.39 Å². The van der Waals surface area contributed by atoms with Crippen LogP contribution in [0.5, 0.6) is 0 Å². The van der Waals surface area contributed by atoms with Gasteiger partial charge < -0.3 is 5.73 Å². The lowest BCUT2D eigenvalue weighted by molar-refractivity contribution is 0.234. The predicted octanol–water partition coefficient (Wildman–Crippen LogP) is 3.38. The summed E-state index contributed by atoms with van der Waals surface area (Å²) >= 11 is 7.72. The number of nitrogens with zero attached hydrogens (tertiary/aromatic N) is 2. The second-order valence-corrected chi connectivity index (χ2v) is 6.13. The molecule has 0 amide bonds. The molecule has 0 saturated carbocycles. The van der Waals surface area contributed by atoms with E-state index >= 15 is 0 Å². The van der Waals surface area contributed by atoms with E-state index in [9.17, 15) is 4.39 Å². The van der Waals surface area contributed by atoms with Gasteiger partial charge in [-0.2, -0.15) is 0 Å². The molecule has 108 valence electrons. The fourth-order valence-electron chi connectivity index (χ4n) is 2.19. The Morgan fingerprint density at radius 1 is 1.50 bits per heavy atom. The van der Waals surface area contributed by atoms with Crippen LogP contribution < -0.4 is 5.73 Å². The third-order valence-corrected chi connectivity index (χ3v) is 4.32. The Hall–Kier alpha value is -1.01. The molecule has 1 aromatic carbocycles. The molecule has 2 rings (SSSR count). The van der Waals surface area contributed by atoms with E-state index in [1.807, 2.05) is 24.3 Å². The lowest BCUT2D eigenvalue weighted by Crippen LogP contribution is -2.31. The first-order valence-corrected chi connectivity index (χ1v) is 7.54. The number of halogens is 2. The first kappa shape index (κ1) is 15.4. The molecule has 20 heavy (non-hydrogen) atoms. The standard InChI is InChI=1S/C14H17ClFN3S/c1-9-18-10(8-20-9)7-19(2)13(6-17)14-11(15)4-3-5-12(14)16/h3-5,8,13H,6-7,17H2,1-2H3. The van der Waals surface area contributed by atoms with Crippen LogP contribution in [0.3, 0.4) is 0 Å². The summed E-state index contributed by atoms with van der Waals surface area (Å²) < 4.78 is 14.0. The van der Waals surface area contributed by atoms with Gasteiger partial charge in [0.05, 0.1) is 16.7 Å². The van der Waals surface area contributed by atoms with Gasteiger partial charge in [-0.25, -0.2) is 9.37 Å². The van der Waals surface area contributed by atoms with Crippen molar-refractivity contribution in [2.24, 2.45) is 5.73 Å². The third kappa shape index (κ3) is 3.35. The van der Waals surface area contributed by atoms with Crippen LogP contribution in [-0.4, -0.2) is 23.5 Å². The van der Waals surface area contributed by atoms with Crippen molar-refractivity contribution < 1.29 is 4.39 Å². The zero-order valence-corrected chi connectivity index (χ0v) is 13.0. The van der Waals surface area contributed by atoms with Gasteiger partial charge in [0.25, 0.3) is 0 Å². The first-order valence-electron chi connectivity index (χ1n) is 6.28. The maximum absolute atomic E-state index is 14.0. The number of aryl methyl sites for hydroxylation is 1. The quantitative estimate of drug-likeness (QED) is 0.920. The molecule has 1 atom stereocenters. The number of hydrogen-bond acceptors (Lipinski definition) is 4. The van der Waals surface area contributed by atoms with E-state index in [0.717, 1.165) is 10.7 Å². The maximum atomic E-state index is 14.0. The maximum Gasteiger partial charge on any atom is 0.129 e. The summed E-state index contributed by atoms with van der Waals surface area (Å²) in [6.45, 7) is 2.86. The van der Waals surface area contributed by atoms with Gasteiger partial charge in [-0.1, -0.05) is 17.7 Å². The molecular formula is C14H17ClFN3S. The number of hydrogen-bond donors (Lipinski definition) is 1. The Bertz CT molecular complexity index is 567. The van der Waals surface area contributed by atoms with Crippen LogP contribution in [0.25, 0.3) is 0 Å². The number of likely N-dealkylation sites (N-methyl/N-ethyl adjacent to an activating group) is 1. The van der Waals surface area contributed by atoms with Gasteiger partial charge in [-0.05, 0) is 26.1 Å². The number of benzene rings is 1. The van der Waals surface area contributed by atoms with E-state index in [4.69, 9.17) is 17.3 Å². The van der Waals surface area contributed by atoms with Crippen LogP contribution >= 0.6 is 22.9 Å². The van der Waals surface area contributed by atoms with Gasteiger partial charge in [0.2, 0.25) is 0 Å². The lowest BCUT2D eigenvalue weighted by atomic mass is 10.0. The van der Waals surface area contributed by atoms with Gasteiger partial charge >= 0.3 is 0 Å². The minimum absolute atomic E-state index is 0.272. The minimum atomic E-state index is -0.325. The van der Waals surface area contributed by atoms with Crippen molar-refractivity contribution in [3.05, 3.63) is 50.7 Å². The second-order valence-electron chi connectivity index (χ2n) is 4.66. The summed E-state index contributed by atoms with van der Waals surface area (Å²) in [5.74, 6) is -0.325. The molecule has 0 saturated heterocycles. The van der Waals surface area contributed by atoms with Crippen LogP contribution in [0.15, 0.2) is 23.6 Å². The third-order valence-electron chi connectivity index (χ3n) is 3.17. The van der Waals surface area contributed by atoms with E-state index in [2.05, 4.69) is 4.98 Å². The Kier molecular flexibility index (Phi) is 5.10. The van der Waals surface area contributed by atoms with E-state index in [1.54, 1.807) is 23.5 Å². The molecule has 0 spiro atoms. The molecule has 1 heterocycles. The van der Waals surface area contributed by atoms with Crippen molar-refractivity contribution in [2.75, 3.05) is 13.6 Å². The zero-order chi connectivity index (χ0) is 14.7. The molecule has 0 aliphatic rings. The summed E-state index contributed by atoms with van der Waals surface area (Å²) in [4.78, 5) is 6.39. The van der Waals surface area contributed by atoms with E-state index in [-0.39, 0.29) is 11.9 Å². The molecule has 3 nitrogen and oxygen atoms in total. The van der Waals surface area contributed by atoms with Crippen molar-refractivity contribution in [1.29, 1.82) is 0 Å². The number of nitrogens with two attached hydrogens (primary N) is 1. The molecule has 0 fully saturated rings. The van der Waals surface area contributed by atoms with Gasteiger partial charge in [-0.15, -0.1) is 11.3 Å². The van der Waals surface area contributed by atoms with E-state index in [0.29, 0.717) is 23.7 Å². The highest BCUT2D eigenvalue weighted by molar-refractivity contribution is 7.09. The highest BCUT2D eigenvalue weighted by Gasteiger charge is 2.22. The molecule has 0 aliphatic carbocycles. The molecule has 0 aliphatic heterocycles. The first-order chi connectivity index (χ1) is 9.52. The fraction of sp³-hybridized carbons (Fsp3) is 0.357. The second kappa shape index (κ2) is 6.63. The molecule has 2 aromatic rings. The summed E-state index contributed by atoms with van der Waals surface area (Å²) in [6.07, 6.45) is 0. The summed E-state index contributed by atoms with van der Waals surface area (Å²) in [6, 6.07) is 4.41. The molecular weight excluding hydrogens is 297 g/mol. The molecule has 2 N–H and O–H groups in total. The highest BCUT2D eigenvalue weighted by Crippen LogP contribution is 2.29. The van der Waals surface area contributed by atoms with Crippen molar-refractivity contribution in [3.63, 3.8) is 0 Å². The smallest absolute Gasteiger partial charge is 0.129 e. The Labute approximate surface area is 127 Å². The van der Waals surface area contributed by atoms with Gasteiger partial charge in [0.15, 0.2) is 0 Å². The number of rotatable bonds is 5. The highest BCUT2D eigenvalue weighted by atomic mass is 35.5. The summed E-state index contributed by atoms with van der Waals surface area (Å²) in [5, 5.41) is 3.42. The van der Waals surface area contributed by atoms with Gasteiger partial charge in [-0.3, -0.25) is 4.90 Å². The molecule has 1 unspecified atom stereocenters.